The number of halogens is 6. The van der Waals surface area contributed by atoms with Gasteiger partial charge in [0.25, 0.3) is 0 Å². The predicted octanol–water partition coefficient (Wildman–Crippen LogP) is 3.87. The van der Waals surface area contributed by atoms with Gasteiger partial charge in [-0.25, -0.2) is 0 Å². The molecule has 3 aliphatic carbocycles. The third-order valence-corrected chi connectivity index (χ3v) is 9.35. The van der Waals surface area contributed by atoms with Crippen LogP contribution < -0.4 is 0 Å². The molecule has 3 rings (SSSR count). The van der Waals surface area contributed by atoms with Crippen molar-refractivity contribution in [3.8, 4) is 0 Å². The molecule has 22 heavy (non-hydrogen) atoms. The van der Waals surface area contributed by atoms with E-state index in [9.17, 15) is 19.8 Å². The van der Waals surface area contributed by atoms with E-state index in [2.05, 4.69) is 0 Å². The minimum atomic E-state index is -1.92. The van der Waals surface area contributed by atoms with E-state index in [1.54, 1.807) is 0 Å². The first kappa shape index (κ1) is 17.2. The van der Waals surface area contributed by atoms with Crippen molar-refractivity contribution in [3.05, 3.63) is 10.1 Å². The molecule has 0 unspecified atom stereocenters. The lowest BCUT2D eigenvalue weighted by Gasteiger charge is -2.35. The minimum Gasteiger partial charge on any atom is -0.481 e. The van der Waals surface area contributed by atoms with Crippen LogP contribution in [0.25, 0.3) is 0 Å². The quantitative estimate of drug-likeness (QED) is 0.655. The van der Waals surface area contributed by atoms with E-state index in [1.165, 1.54) is 0 Å². The number of alkyl halides is 4. The van der Waals surface area contributed by atoms with E-state index >= 15 is 0 Å². The molecule has 2 saturated carbocycles. The first-order valence-corrected chi connectivity index (χ1v) is 8.48. The van der Waals surface area contributed by atoms with Crippen LogP contribution in [0.5, 0.6) is 0 Å². The summed E-state index contributed by atoms with van der Waals surface area (Å²) in [5.41, 5.74) is 0. The van der Waals surface area contributed by atoms with Gasteiger partial charge in [-0.1, -0.05) is 46.4 Å². The molecule has 2 fully saturated rings. The van der Waals surface area contributed by atoms with Gasteiger partial charge in [0.05, 0.1) is 21.9 Å². The Morgan fingerprint density at radius 1 is 0.864 bits per heavy atom. The molecule has 0 amide bonds. The lowest BCUT2D eigenvalue weighted by molar-refractivity contribution is -0.143. The van der Waals surface area contributed by atoms with Crippen molar-refractivity contribution in [2.75, 3.05) is 0 Å². The highest BCUT2D eigenvalue weighted by Gasteiger charge is 2.86. The molecule has 3 aliphatic rings. The fraction of sp³-hybridized carbons (Fsp3) is 0.667. The molecule has 2 bridgehead atoms. The van der Waals surface area contributed by atoms with E-state index in [-0.39, 0.29) is 16.5 Å². The number of carbonyl (C=O) groups is 2. The average molecular weight is 429 g/mol. The van der Waals surface area contributed by atoms with Gasteiger partial charge < -0.3 is 10.2 Å². The number of carboxylic acids is 2. The molecule has 0 heterocycles. The summed E-state index contributed by atoms with van der Waals surface area (Å²) in [6.07, 6.45) is -0.138. The molecule has 0 aromatic carbocycles. The van der Waals surface area contributed by atoms with Crippen molar-refractivity contribution in [1.29, 1.82) is 0 Å². The van der Waals surface area contributed by atoms with Gasteiger partial charge in [-0.3, -0.25) is 9.59 Å². The Morgan fingerprint density at radius 2 is 1.18 bits per heavy atom. The molecule has 0 saturated heterocycles. The fourth-order valence-electron chi connectivity index (χ4n) is 4.20. The summed E-state index contributed by atoms with van der Waals surface area (Å²) in [4.78, 5) is 19.6. The van der Waals surface area contributed by atoms with Gasteiger partial charge in [-0.15, -0.1) is 23.2 Å². The first-order valence-electron chi connectivity index (χ1n) is 6.21. The normalized spacial score (nSPS) is 48.6. The molecular weight excluding hydrogens is 421 g/mol. The summed E-state index contributed by atoms with van der Waals surface area (Å²) >= 11 is 38.1. The second-order valence-electron chi connectivity index (χ2n) is 5.80. The fourth-order valence-corrected chi connectivity index (χ4v) is 7.31. The van der Waals surface area contributed by atoms with E-state index < -0.39 is 49.7 Å². The lowest BCUT2D eigenvalue weighted by atomic mass is 9.78. The average Bonchev–Trinajstić information content (AvgIpc) is 2.91. The highest BCUT2D eigenvalue weighted by Crippen LogP contribution is 2.80. The van der Waals surface area contributed by atoms with Crippen molar-refractivity contribution >= 4 is 81.5 Å². The monoisotopic (exact) mass is 426 g/mol. The molecule has 0 radical (unpaired) electrons. The number of hydrogen-bond acceptors (Lipinski definition) is 2. The van der Waals surface area contributed by atoms with E-state index in [1.807, 2.05) is 0 Å². The van der Waals surface area contributed by atoms with E-state index in [0.717, 1.165) is 0 Å². The van der Waals surface area contributed by atoms with E-state index in [0.29, 0.717) is 0 Å². The highest BCUT2D eigenvalue weighted by molar-refractivity contribution is 6.65. The van der Waals surface area contributed by atoms with Crippen molar-refractivity contribution in [2.45, 2.75) is 20.5 Å². The molecule has 0 aliphatic heterocycles. The Bertz CT molecular complexity index is 583. The van der Waals surface area contributed by atoms with Crippen LogP contribution >= 0.6 is 69.6 Å². The Hall–Kier alpha value is 0.420. The van der Waals surface area contributed by atoms with Crippen LogP contribution in [-0.4, -0.2) is 36.2 Å². The molecule has 0 aromatic rings. The van der Waals surface area contributed by atoms with Gasteiger partial charge in [0.1, 0.15) is 9.75 Å². The van der Waals surface area contributed by atoms with Crippen molar-refractivity contribution in [2.24, 2.45) is 23.7 Å². The Balaban J connectivity index is 2.29. The first-order chi connectivity index (χ1) is 9.94. The zero-order valence-electron chi connectivity index (χ0n) is 10.5. The maximum absolute atomic E-state index is 11.6. The zero-order valence-corrected chi connectivity index (χ0v) is 15.0. The van der Waals surface area contributed by atoms with Crippen molar-refractivity contribution < 1.29 is 19.8 Å². The standard InChI is InChI=1S/C12H8Cl6O4/c13-6-7(14)11(16)5-3(9(21)22)1-2(8(19)20)4(5)10(6,15)12(11,17)18/h2-5H,1H2,(H,19,20)(H,21,22)/t2-,3+,4+,5-,10-,11+. The van der Waals surface area contributed by atoms with Crippen LogP contribution in [0.15, 0.2) is 10.1 Å². The van der Waals surface area contributed by atoms with Gasteiger partial charge >= 0.3 is 11.9 Å². The van der Waals surface area contributed by atoms with Crippen LogP contribution in [-0.2, 0) is 9.59 Å². The van der Waals surface area contributed by atoms with Crippen LogP contribution in [0.1, 0.15) is 6.42 Å². The molecule has 0 spiro atoms. The predicted molar refractivity (Wildman–Crippen MR) is 84.2 cm³/mol. The molecule has 2 N–H and O–H groups in total. The largest absolute Gasteiger partial charge is 0.481 e. The van der Waals surface area contributed by atoms with Gasteiger partial charge in [-0.2, -0.15) is 0 Å². The lowest BCUT2D eigenvalue weighted by Crippen LogP contribution is -2.47. The summed E-state index contributed by atoms with van der Waals surface area (Å²) in [6.45, 7) is 0. The maximum Gasteiger partial charge on any atom is 0.306 e. The van der Waals surface area contributed by atoms with Crippen LogP contribution in [0.4, 0.5) is 0 Å². The SMILES string of the molecule is O=C(O)[C@H]1C[C@@H](C(=O)O)[C@H]2[C@@H]1[C@]1(Cl)C(Cl)=C(Cl)[C@@]2(Cl)C1(Cl)Cl. The van der Waals surface area contributed by atoms with Crippen LogP contribution in [0, 0.1) is 23.7 Å². The van der Waals surface area contributed by atoms with Crippen LogP contribution in [0.2, 0.25) is 0 Å². The summed E-state index contributed by atoms with van der Waals surface area (Å²) < 4.78 is -1.92. The summed E-state index contributed by atoms with van der Waals surface area (Å²) in [7, 11) is 0. The number of hydrogen-bond donors (Lipinski definition) is 2. The number of aliphatic carboxylic acids is 2. The smallest absolute Gasteiger partial charge is 0.306 e. The number of allylic oxidation sites excluding steroid dienone is 2. The molecule has 4 nitrogen and oxygen atoms in total. The third-order valence-electron chi connectivity index (χ3n) is 5.06. The Morgan fingerprint density at radius 3 is 1.45 bits per heavy atom. The number of fused-ring (bicyclic) bond motifs is 5. The molecular formula is C12H8Cl6O4. The van der Waals surface area contributed by atoms with Gasteiger partial charge in [-0.05, 0) is 6.42 Å². The Labute approximate surface area is 155 Å². The van der Waals surface area contributed by atoms with Crippen LogP contribution in [0.3, 0.4) is 0 Å². The number of rotatable bonds is 2. The zero-order chi connectivity index (χ0) is 16.8. The summed E-state index contributed by atoms with van der Waals surface area (Å²) in [6, 6.07) is 0. The third kappa shape index (κ3) is 1.55. The Kier molecular flexibility index (Phi) is 3.71. The topological polar surface area (TPSA) is 74.6 Å². The van der Waals surface area contributed by atoms with Gasteiger partial charge in [0, 0.05) is 11.8 Å². The number of carboxylic acid groups (broad SMARTS) is 2. The molecule has 10 heteroatoms. The minimum absolute atomic E-state index is 0.116. The second-order valence-corrected chi connectivity index (χ2v) is 9.08. The molecule has 6 atom stereocenters. The second kappa shape index (κ2) is 4.74. The highest BCUT2D eigenvalue weighted by atomic mass is 35.5. The summed E-state index contributed by atoms with van der Waals surface area (Å²) in [5, 5.41) is 18.6. The van der Waals surface area contributed by atoms with E-state index in [4.69, 9.17) is 69.6 Å². The van der Waals surface area contributed by atoms with Crippen molar-refractivity contribution in [3.63, 3.8) is 0 Å². The molecule has 0 aromatic heterocycles. The summed E-state index contributed by atoms with van der Waals surface area (Å²) in [5.74, 6) is -6.43. The van der Waals surface area contributed by atoms with Gasteiger partial charge in [0.2, 0.25) is 0 Å². The maximum atomic E-state index is 11.6. The van der Waals surface area contributed by atoms with Gasteiger partial charge in [0.15, 0.2) is 4.33 Å². The molecule has 122 valence electrons. The van der Waals surface area contributed by atoms with Crippen molar-refractivity contribution in [1.82, 2.24) is 0 Å².